The van der Waals surface area contributed by atoms with E-state index in [2.05, 4.69) is 15.3 Å². The minimum Gasteiger partial charge on any atom is -0.375 e. The normalized spacial score (nSPS) is 13.9. The van der Waals surface area contributed by atoms with E-state index in [4.69, 9.17) is 0 Å². The number of alkyl halides is 3. The third-order valence-electron chi connectivity index (χ3n) is 4.62. The Bertz CT molecular complexity index is 1120. The molecule has 0 saturated carbocycles. The van der Waals surface area contributed by atoms with E-state index >= 15 is 0 Å². The zero-order valence-corrected chi connectivity index (χ0v) is 15.8. The van der Waals surface area contributed by atoms with Gasteiger partial charge in [0.05, 0.1) is 11.9 Å². The zero-order chi connectivity index (χ0) is 20.5. The first-order valence-electron chi connectivity index (χ1n) is 8.77. The molecule has 0 radical (unpaired) electrons. The number of nitrogens with zero attached hydrogens (tertiary/aromatic N) is 2. The third-order valence-corrected chi connectivity index (χ3v) is 5.71. The predicted molar refractivity (Wildman–Crippen MR) is 108 cm³/mol. The second-order valence-corrected chi connectivity index (χ2v) is 7.53. The molecule has 4 rings (SSSR count). The van der Waals surface area contributed by atoms with Crippen molar-refractivity contribution >= 4 is 27.4 Å². The Balaban J connectivity index is 1.68. The van der Waals surface area contributed by atoms with Crippen LogP contribution >= 0.6 is 11.3 Å². The van der Waals surface area contributed by atoms with Crippen LogP contribution in [-0.2, 0) is 5.60 Å². The van der Waals surface area contributed by atoms with Crippen molar-refractivity contribution in [2.24, 2.45) is 0 Å². The number of halogens is 3. The number of benzene rings is 2. The third kappa shape index (κ3) is 3.68. The second-order valence-electron chi connectivity index (χ2n) is 6.50. The summed E-state index contributed by atoms with van der Waals surface area (Å²) in [7, 11) is 0. The van der Waals surface area contributed by atoms with Gasteiger partial charge in [-0.15, -0.1) is 11.3 Å². The highest BCUT2D eigenvalue weighted by Gasteiger charge is 2.54. The van der Waals surface area contributed by atoms with Crippen molar-refractivity contribution in [3.8, 4) is 10.4 Å². The largest absolute Gasteiger partial charge is 0.423 e. The molecule has 1 atom stereocenters. The summed E-state index contributed by atoms with van der Waals surface area (Å²) in [5.74, 6) is 0.243. The molecule has 4 aromatic rings. The first-order chi connectivity index (χ1) is 13.9. The molecule has 0 bridgehead atoms. The van der Waals surface area contributed by atoms with E-state index in [-0.39, 0.29) is 11.4 Å². The molecule has 0 aliphatic heterocycles. The summed E-state index contributed by atoms with van der Waals surface area (Å²) in [6.07, 6.45) is -3.57. The van der Waals surface area contributed by atoms with Gasteiger partial charge >= 0.3 is 6.18 Å². The molecular weight excluding hydrogens is 399 g/mol. The smallest absolute Gasteiger partial charge is 0.375 e. The molecule has 1 unspecified atom stereocenters. The number of hydrogen-bond donors (Lipinski definition) is 2. The van der Waals surface area contributed by atoms with E-state index in [1.807, 2.05) is 36.4 Å². The lowest BCUT2D eigenvalue weighted by Gasteiger charge is -2.31. The lowest BCUT2D eigenvalue weighted by molar-refractivity contribution is -0.260. The Kier molecular flexibility index (Phi) is 4.97. The molecule has 148 valence electrons. The van der Waals surface area contributed by atoms with Gasteiger partial charge in [-0.25, -0.2) is 9.97 Å². The Hall–Kier alpha value is -2.97. The average molecular weight is 415 g/mol. The zero-order valence-electron chi connectivity index (χ0n) is 15.0. The highest BCUT2D eigenvalue weighted by molar-refractivity contribution is 7.21. The van der Waals surface area contributed by atoms with Gasteiger partial charge in [-0.3, -0.25) is 0 Å². The fourth-order valence-corrected chi connectivity index (χ4v) is 4.04. The molecule has 0 fully saturated rings. The molecular formula is C21H16F3N3OS. The van der Waals surface area contributed by atoms with Gasteiger partial charge in [0.15, 0.2) is 0 Å². The Morgan fingerprint density at radius 2 is 1.59 bits per heavy atom. The summed E-state index contributed by atoms with van der Waals surface area (Å²) in [5, 5.41) is 13.8. The summed E-state index contributed by atoms with van der Waals surface area (Å²) in [4.78, 5) is 9.90. The van der Waals surface area contributed by atoms with Crippen molar-refractivity contribution in [3.63, 3.8) is 0 Å². The maximum absolute atomic E-state index is 13.7. The van der Waals surface area contributed by atoms with Crippen LogP contribution in [0.4, 0.5) is 19.0 Å². The van der Waals surface area contributed by atoms with E-state index in [1.165, 1.54) is 41.9 Å². The van der Waals surface area contributed by atoms with E-state index in [1.54, 1.807) is 6.07 Å². The van der Waals surface area contributed by atoms with Gasteiger partial charge in [0.25, 0.3) is 0 Å². The van der Waals surface area contributed by atoms with E-state index < -0.39 is 18.3 Å². The minimum atomic E-state index is -4.86. The van der Waals surface area contributed by atoms with Crippen LogP contribution in [0.15, 0.2) is 73.1 Å². The number of thiophene rings is 1. The number of fused-ring (bicyclic) bond motifs is 1. The average Bonchev–Trinajstić information content (AvgIpc) is 3.17. The monoisotopic (exact) mass is 415 g/mol. The summed E-state index contributed by atoms with van der Waals surface area (Å²) in [6.45, 7) is -0.775. The second kappa shape index (κ2) is 7.46. The Morgan fingerprint density at radius 3 is 2.24 bits per heavy atom. The molecule has 0 saturated heterocycles. The molecule has 2 aromatic carbocycles. The number of aromatic nitrogens is 2. The fraction of sp³-hybridized carbons (Fsp3) is 0.143. The first kappa shape index (κ1) is 19.4. The molecule has 29 heavy (non-hydrogen) atoms. The summed E-state index contributed by atoms with van der Waals surface area (Å²) in [5.41, 5.74) is -2.30. The Morgan fingerprint density at radius 1 is 0.931 bits per heavy atom. The van der Waals surface area contributed by atoms with Crippen molar-refractivity contribution in [1.82, 2.24) is 9.97 Å². The van der Waals surface area contributed by atoms with Crippen LogP contribution < -0.4 is 5.32 Å². The van der Waals surface area contributed by atoms with Crippen LogP contribution in [0.25, 0.3) is 20.7 Å². The SMILES string of the molecule is OC(CNc1ncnc2sc(-c3ccccc3)cc12)(c1ccccc1)C(F)(F)F. The molecule has 2 aromatic heterocycles. The van der Waals surface area contributed by atoms with Crippen molar-refractivity contribution in [2.45, 2.75) is 11.8 Å². The lowest BCUT2D eigenvalue weighted by Crippen LogP contribution is -2.47. The quantitative estimate of drug-likeness (QED) is 0.469. The van der Waals surface area contributed by atoms with Crippen molar-refractivity contribution in [2.75, 3.05) is 11.9 Å². The fourth-order valence-electron chi connectivity index (χ4n) is 3.03. The van der Waals surface area contributed by atoms with Gasteiger partial charge in [-0.2, -0.15) is 13.2 Å². The molecule has 0 amide bonds. The van der Waals surface area contributed by atoms with Crippen LogP contribution in [0.3, 0.4) is 0 Å². The van der Waals surface area contributed by atoms with Crippen molar-refractivity contribution in [3.05, 3.63) is 78.6 Å². The molecule has 8 heteroatoms. The highest BCUT2D eigenvalue weighted by Crippen LogP contribution is 2.40. The van der Waals surface area contributed by atoms with Gasteiger partial charge in [0.1, 0.15) is 17.0 Å². The minimum absolute atomic E-state index is 0.236. The van der Waals surface area contributed by atoms with Crippen LogP contribution in [0.5, 0.6) is 0 Å². The van der Waals surface area contributed by atoms with Gasteiger partial charge in [0, 0.05) is 4.88 Å². The van der Waals surface area contributed by atoms with Crippen molar-refractivity contribution < 1.29 is 18.3 Å². The van der Waals surface area contributed by atoms with Gasteiger partial charge in [-0.1, -0.05) is 60.7 Å². The molecule has 0 spiro atoms. The van der Waals surface area contributed by atoms with E-state index in [0.717, 1.165) is 10.4 Å². The topological polar surface area (TPSA) is 58.0 Å². The number of hydrogen-bond acceptors (Lipinski definition) is 5. The number of rotatable bonds is 5. The molecule has 2 heterocycles. The van der Waals surface area contributed by atoms with Gasteiger partial charge < -0.3 is 10.4 Å². The summed E-state index contributed by atoms with van der Waals surface area (Å²) < 4.78 is 41.1. The molecule has 0 aliphatic carbocycles. The lowest BCUT2D eigenvalue weighted by atomic mass is 9.93. The Labute approximate surface area is 168 Å². The highest BCUT2D eigenvalue weighted by atomic mass is 32.1. The number of nitrogens with one attached hydrogen (secondary N) is 1. The number of anilines is 1. The van der Waals surface area contributed by atoms with Gasteiger partial charge in [-0.05, 0) is 17.2 Å². The van der Waals surface area contributed by atoms with Crippen LogP contribution in [0.2, 0.25) is 0 Å². The van der Waals surface area contributed by atoms with Crippen LogP contribution in [0, 0.1) is 0 Å². The summed E-state index contributed by atoms with van der Waals surface area (Å²) in [6, 6.07) is 18.5. The maximum atomic E-state index is 13.7. The standard InChI is InChI=1S/C21H16F3N3OS/c22-21(23,24)20(28,15-9-5-2-6-10-15)12-25-18-16-11-17(14-7-3-1-4-8-14)29-19(16)27-13-26-18/h1-11,13,28H,12H2,(H,25,26,27). The van der Waals surface area contributed by atoms with E-state index in [9.17, 15) is 18.3 Å². The molecule has 0 aliphatic rings. The number of aliphatic hydroxyl groups is 1. The summed E-state index contributed by atoms with van der Waals surface area (Å²) >= 11 is 1.42. The molecule has 4 nitrogen and oxygen atoms in total. The predicted octanol–water partition coefficient (Wildman–Crippen LogP) is 5.22. The molecule has 2 N–H and O–H groups in total. The maximum Gasteiger partial charge on any atom is 0.423 e. The van der Waals surface area contributed by atoms with E-state index in [0.29, 0.717) is 10.2 Å². The van der Waals surface area contributed by atoms with Crippen LogP contribution in [0.1, 0.15) is 5.56 Å². The van der Waals surface area contributed by atoms with Crippen molar-refractivity contribution in [1.29, 1.82) is 0 Å². The first-order valence-corrected chi connectivity index (χ1v) is 9.58. The van der Waals surface area contributed by atoms with Gasteiger partial charge in [0.2, 0.25) is 5.60 Å². The van der Waals surface area contributed by atoms with Crippen LogP contribution in [-0.4, -0.2) is 27.8 Å².